The zero-order chi connectivity index (χ0) is 10.4. The maximum atomic E-state index is 2.19. The molecule has 0 fully saturated rings. The van der Waals surface area contributed by atoms with Gasteiger partial charge in [-0.15, -0.1) is 0 Å². The molecule has 1 rings (SSSR count). The number of allylic oxidation sites excluding steroid dienone is 4. The van der Waals surface area contributed by atoms with Crippen molar-refractivity contribution < 1.29 is 0 Å². The normalized spacial score (nSPS) is 12.4. The minimum absolute atomic E-state index is 1.09. The van der Waals surface area contributed by atoms with E-state index < -0.39 is 0 Å². The van der Waals surface area contributed by atoms with Crippen LogP contribution in [0.25, 0.3) is 5.57 Å². The van der Waals surface area contributed by atoms with Crippen molar-refractivity contribution in [3.63, 3.8) is 0 Å². The quantitative estimate of drug-likeness (QED) is 0.615. The van der Waals surface area contributed by atoms with Crippen molar-refractivity contribution >= 4 is 5.57 Å². The van der Waals surface area contributed by atoms with Gasteiger partial charge in [0.2, 0.25) is 0 Å². The van der Waals surface area contributed by atoms with E-state index in [2.05, 4.69) is 63.3 Å². The third-order valence-corrected chi connectivity index (χ3v) is 2.23. The molecule has 0 atom stereocenters. The first-order chi connectivity index (χ1) is 6.77. The van der Waals surface area contributed by atoms with Crippen LogP contribution in [-0.2, 0) is 0 Å². The van der Waals surface area contributed by atoms with E-state index in [1.165, 1.54) is 16.7 Å². The molecule has 0 aliphatic rings. The van der Waals surface area contributed by atoms with Gasteiger partial charge in [0.1, 0.15) is 0 Å². The summed E-state index contributed by atoms with van der Waals surface area (Å²) in [6.07, 6.45) is 7.61. The summed E-state index contributed by atoms with van der Waals surface area (Å²) >= 11 is 0. The minimum Gasteiger partial charge on any atom is -0.0842 e. The summed E-state index contributed by atoms with van der Waals surface area (Å²) in [6.45, 7) is 6.34. The van der Waals surface area contributed by atoms with E-state index in [1.807, 2.05) is 0 Å². The Bertz CT molecular complexity index is 326. The first-order valence-corrected chi connectivity index (χ1v) is 5.17. The lowest BCUT2D eigenvalue weighted by atomic mass is 10.0. The fraction of sp³-hybridized carbons (Fsp3) is 0.286. The number of hydrogen-bond donors (Lipinski definition) is 0. The molecule has 0 aliphatic heterocycles. The van der Waals surface area contributed by atoms with Gasteiger partial charge in [0.25, 0.3) is 0 Å². The molecular weight excluding hydrogens is 168 g/mol. The molecule has 0 bridgehead atoms. The van der Waals surface area contributed by atoms with Gasteiger partial charge in [0.15, 0.2) is 0 Å². The first kappa shape index (κ1) is 10.8. The number of rotatable bonds is 3. The zero-order valence-corrected chi connectivity index (χ0v) is 9.25. The van der Waals surface area contributed by atoms with Crippen LogP contribution in [0, 0.1) is 6.92 Å². The van der Waals surface area contributed by atoms with Crippen molar-refractivity contribution in [1.82, 2.24) is 0 Å². The standard InChI is InChI=1S/C14H18/c1-4-6-7-13(5-2)14-10-8-12(3)9-11-14/h5-11H,4H2,1-3H3/b7-6-,13-5+. The predicted octanol–water partition coefficient (Wildman–Crippen LogP) is 4.36. The van der Waals surface area contributed by atoms with Crippen LogP contribution in [0.15, 0.2) is 42.5 Å². The SMILES string of the molecule is C/C=C(\C=C/CC)c1ccc(C)cc1. The fourth-order valence-electron chi connectivity index (χ4n) is 1.35. The van der Waals surface area contributed by atoms with Crippen LogP contribution in [0.5, 0.6) is 0 Å². The van der Waals surface area contributed by atoms with Crippen LogP contribution in [0.3, 0.4) is 0 Å². The largest absolute Gasteiger partial charge is 0.0842 e. The van der Waals surface area contributed by atoms with Gasteiger partial charge in [-0.05, 0) is 31.4 Å². The van der Waals surface area contributed by atoms with Gasteiger partial charge in [0, 0.05) is 0 Å². The Morgan fingerprint density at radius 2 is 1.86 bits per heavy atom. The van der Waals surface area contributed by atoms with E-state index in [4.69, 9.17) is 0 Å². The topological polar surface area (TPSA) is 0 Å². The van der Waals surface area contributed by atoms with Gasteiger partial charge < -0.3 is 0 Å². The summed E-state index contributed by atoms with van der Waals surface area (Å²) in [6, 6.07) is 8.65. The molecule has 1 aromatic carbocycles. The highest BCUT2D eigenvalue weighted by Crippen LogP contribution is 2.16. The summed E-state index contributed by atoms with van der Waals surface area (Å²) in [7, 11) is 0. The van der Waals surface area contributed by atoms with Gasteiger partial charge in [0.05, 0.1) is 0 Å². The summed E-state index contributed by atoms with van der Waals surface area (Å²) in [4.78, 5) is 0. The van der Waals surface area contributed by atoms with Crippen LogP contribution in [0.1, 0.15) is 31.4 Å². The van der Waals surface area contributed by atoms with Gasteiger partial charge in [-0.3, -0.25) is 0 Å². The second kappa shape index (κ2) is 5.43. The molecule has 74 valence electrons. The molecule has 14 heavy (non-hydrogen) atoms. The molecule has 0 nitrogen and oxygen atoms in total. The summed E-state index contributed by atoms with van der Waals surface area (Å²) in [5, 5.41) is 0. The van der Waals surface area contributed by atoms with E-state index in [9.17, 15) is 0 Å². The van der Waals surface area contributed by atoms with Crippen LogP contribution in [0.4, 0.5) is 0 Å². The highest BCUT2D eigenvalue weighted by atomic mass is 14.0. The molecule has 0 aliphatic carbocycles. The first-order valence-electron chi connectivity index (χ1n) is 5.17. The number of benzene rings is 1. The summed E-state index contributed by atoms with van der Waals surface area (Å²) in [5.74, 6) is 0. The van der Waals surface area contributed by atoms with E-state index in [1.54, 1.807) is 0 Å². The van der Waals surface area contributed by atoms with Crippen molar-refractivity contribution in [2.24, 2.45) is 0 Å². The van der Waals surface area contributed by atoms with Crippen LogP contribution < -0.4 is 0 Å². The summed E-state index contributed by atoms with van der Waals surface area (Å²) in [5.41, 5.74) is 3.90. The summed E-state index contributed by atoms with van der Waals surface area (Å²) < 4.78 is 0. The maximum absolute atomic E-state index is 2.19. The van der Waals surface area contributed by atoms with E-state index in [-0.39, 0.29) is 0 Å². The fourth-order valence-corrected chi connectivity index (χ4v) is 1.35. The molecule has 0 heteroatoms. The van der Waals surface area contributed by atoms with Crippen LogP contribution in [-0.4, -0.2) is 0 Å². The van der Waals surface area contributed by atoms with Crippen molar-refractivity contribution in [3.8, 4) is 0 Å². The highest BCUT2D eigenvalue weighted by Gasteiger charge is 1.94. The molecular formula is C14H18. The van der Waals surface area contributed by atoms with Crippen molar-refractivity contribution in [1.29, 1.82) is 0 Å². The molecule has 0 saturated carbocycles. The third-order valence-electron chi connectivity index (χ3n) is 2.23. The molecule has 1 aromatic rings. The lowest BCUT2D eigenvalue weighted by Gasteiger charge is -2.02. The smallest absolute Gasteiger partial charge is 0.0187 e. The van der Waals surface area contributed by atoms with Crippen molar-refractivity contribution in [2.75, 3.05) is 0 Å². The van der Waals surface area contributed by atoms with Crippen molar-refractivity contribution in [2.45, 2.75) is 27.2 Å². The molecule has 0 heterocycles. The predicted molar refractivity (Wildman–Crippen MR) is 64.3 cm³/mol. The maximum Gasteiger partial charge on any atom is -0.0187 e. The van der Waals surface area contributed by atoms with E-state index in [0.717, 1.165) is 6.42 Å². The Balaban J connectivity index is 2.91. The minimum atomic E-state index is 1.09. The Labute approximate surface area is 87.0 Å². The monoisotopic (exact) mass is 186 g/mol. The average Bonchev–Trinajstić information content (AvgIpc) is 2.21. The van der Waals surface area contributed by atoms with E-state index >= 15 is 0 Å². The van der Waals surface area contributed by atoms with Gasteiger partial charge in [-0.25, -0.2) is 0 Å². The molecule has 0 radical (unpaired) electrons. The number of aryl methyl sites for hydroxylation is 1. The molecule has 0 spiro atoms. The Kier molecular flexibility index (Phi) is 4.18. The molecule has 0 saturated heterocycles. The van der Waals surface area contributed by atoms with Crippen molar-refractivity contribution in [3.05, 3.63) is 53.6 Å². The van der Waals surface area contributed by atoms with Crippen LogP contribution in [0.2, 0.25) is 0 Å². The lowest BCUT2D eigenvalue weighted by molar-refractivity contribution is 1.22. The number of hydrogen-bond acceptors (Lipinski definition) is 0. The second-order valence-corrected chi connectivity index (χ2v) is 3.42. The Hall–Kier alpha value is -1.30. The zero-order valence-electron chi connectivity index (χ0n) is 9.25. The van der Waals surface area contributed by atoms with Gasteiger partial charge in [-0.1, -0.05) is 55.0 Å². The average molecular weight is 186 g/mol. The highest BCUT2D eigenvalue weighted by molar-refractivity contribution is 5.73. The third kappa shape index (κ3) is 2.88. The van der Waals surface area contributed by atoms with E-state index in [0.29, 0.717) is 0 Å². The molecule has 0 N–H and O–H groups in total. The Morgan fingerprint density at radius 3 is 2.36 bits per heavy atom. The van der Waals surface area contributed by atoms with Crippen LogP contribution >= 0.6 is 0 Å². The lowest BCUT2D eigenvalue weighted by Crippen LogP contribution is -1.80. The van der Waals surface area contributed by atoms with Gasteiger partial charge >= 0.3 is 0 Å². The molecule has 0 aromatic heterocycles. The second-order valence-electron chi connectivity index (χ2n) is 3.42. The molecule has 0 unspecified atom stereocenters. The Morgan fingerprint density at radius 1 is 1.21 bits per heavy atom. The van der Waals surface area contributed by atoms with Gasteiger partial charge in [-0.2, -0.15) is 0 Å². The molecule has 0 amide bonds.